The molecule has 1 aliphatic rings. The normalized spacial score (nSPS) is 18.2. The molecule has 0 saturated carbocycles. The van der Waals surface area contributed by atoms with E-state index in [1.165, 1.54) is 0 Å². The van der Waals surface area contributed by atoms with Gasteiger partial charge in [-0.25, -0.2) is 4.79 Å². The smallest absolute Gasteiger partial charge is 0.326 e. The topological polar surface area (TPSA) is 61.3 Å². The Bertz CT molecular complexity index is 1050. The van der Waals surface area contributed by atoms with Gasteiger partial charge in [0.05, 0.1) is 16.6 Å². The van der Waals surface area contributed by atoms with E-state index in [0.717, 1.165) is 36.2 Å². The van der Waals surface area contributed by atoms with Gasteiger partial charge in [-0.2, -0.15) is 0 Å². The molecule has 154 valence electrons. The molecule has 7 heteroatoms. The first-order valence-electron chi connectivity index (χ1n) is 9.93. The van der Waals surface area contributed by atoms with E-state index in [9.17, 15) is 9.90 Å². The van der Waals surface area contributed by atoms with Gasteiger partial charge in [-0.1, -0.05) is 42.3 Å². The average molecular weight is 434 g/mol. The number of aliphatic hydroxyl groups is 1. The molecule has 0 aliphatic carbocycles. The third-order valence-electron chi connectivity index (χ3n) is 5.87. The molecular formula is C22H25Cl2N3O2. The zero-order valence-corrected chi connectivity index (χ0v) is 17.9. The van der Waals surface area contributed by atoms with Crippen LogP contribution in [0.25, 0.3) is 11.0 Å². The fourth-order valence-corrected chi connectivity index (χ4v) is 4.58. The molecule has 1 fully saturated rings. The Morgan fingerprint density at radius 2 is 1.72 bits per heavy atom. The van der Waals surface area contributed by atoms with E-state index in [2.05, 4.69) is 16.8 Å². The number of imidazole rings is 1. The molecule has 0 radical (unpaired) electrons. The molecule has 5 nitrogen and oxygen atoms in total. The van der Waals surface area contributed by atoms with Crippen LogP contribution < -0.4 is 5.69 Å². The van der Waals surface area contributed by atoms with Crippen molar-refractivity contribution < 1.29 is 5.11 Å². The quantitative estimate of drug-likeness (QED) is 0.631. The van der Waals surface area contributed by atoms with Gasteiger partial charge in [-0.15, -0.1) is 0 Å². The molecule has 1 aliphatic heterocycles. The van der Waals surface area contributed by atoms with Crippen LogP contribution >= 0.6 is 23.2 Å². The van der Waals surface area contributed by atoms with Gasteiger partial charge < -0.3 is 15.0 Å². The fraction of sp³-hybridized carbons (Fsp3) is 0.409. The zero-order valence-electron chi connectivity index (χ0n) is 16.4. The second-order valence-electron chi connectivity index (χ2n) is 8.15. The van der Waals surface area contributed by atoms with E-state index in [-0.39, 0.29) is 5.69 Å². The number of aromatic amines is 1. The highest BCUT2D eigenvalue weighted by atomic mass is 35.5. The van der Waals surface area contributed by atoms with Crippen molar-refractivity contribution in [2.24, 2.45) is 5.92 Å². The number of halogens is 2. The molecule has 1 aromatic heterocycles. The summed E-state index contributed by atoms with van der Waals surface area (Å²) in [6.45, 7) is 5.31. The van der Waals surface area contributed by atoms with Crippen LogP contribution in [0.15, 0.2) is 47.3 Å². The van der Waals surface area contributed by atoms with Crippen LogP contribution in [0.3, 0.4) is 0 Å². The summed E-state index contributed by atoms with van der Waals surface area (Å²) in [5, 5.41) is 12.3. The molecule has 2 heterocycles. The molecule has 4 rings (SSSR count). The highest BCUT2D eigenvalue weighted by molar-refractivity contribution is 6.31. The van der Waals surface area contributed by atoms with E-state index in [1.54, 1.807) is 16.7 Å². The molecule has 1 atom stereocenters. The van der Waals surface area contributed by atoms with Crippen LogP contribution in [-0.2, 0) is 12.1 Å². The molecule has 0 bridgehead atoms. The van der Waals surface area contributed by atoms with E-state index < -0.39 is 5.60 Å². The van der Waals surface area contributed by atoms with Gasteiger partial charge in [0.25, 0.3) is 0 Å². The average Bonchev–Trinajstić information content (AvgIpc) is 2.98. The van der Waals surface area contributed by atoms with Crippen LogP contribution in [0.5, 0.6) is 0 Å². The van der Waals surface area contributed by atoms with E-state index in [0.29, 0.717) is 35.3 Å². The van der Waals surface area contributed by atoms with Crippen LogP contribution in [0.4, 0.5) is 0 Å². The standard InChI is InChI=1S/C22H25Cl2N3O2/c1-15(14-27-20-7-6-18(24)12-19(20)25-21(27)28)13-26-10-8-22(29,9-11-26)16-2-4-17(23)5-3-16/h2-7,12,15,29H,8-11,13-14H2,1H3,(H,25,28). The van der Waals surface area contributed by atoms with Gasteiger partial charge in [-0.3, -0.25) is 4.57 Å². The zero-order chi connectivity index (χ0) is 20.6. The van der Waals surface area contributed by atoms with E-state index in [4.69, 9.17) is 23.2 Å². The fourth-order valence-electron chi connectivity index (χ4n) is 4.28. The monoisotopic (exact) mass is 433 g/mol. The maximum Gasteiger partial charge on any atom is 0.326 e. The number of H-pyrrole nitrogens is 1. The number of hydrogen-bond acceptors (Lipinski definition) is 3. The number of fused-ring (bicyclic) bond motifs is 1. The largest absolute Gasteiger partial charge is 0.385 e. The Morgan fingerprint density at radius 1 is 1.07 bits per heavy atom. The van der Waals surface area contributed by atoms with Gasteiger partial charge >= 0.3 is 5.69 Å². The first-order chi connectivity index (χ1) is 13.8. The minimum Gasteiger partial charge on any atom is -0.385 e. The Kier molecular flexibility index (Phi) is 5.76. The van der Waals surface area contributed by atoms with Crippen LogP contribution in [0, 0.1) is 5.92 Å². The summed E-state index contributed by atoms with van der Waals surface area (Å²) >= 11 is 12.0. The molecule has 3 aromatic rings. The second-order valence-corrected chi connectivity index (χ2v) is 9.02. The van der Waals surface area contributed by atoms with Gasteiger partial charge in [0.1, 0.15) is 0 Å². The van der Waals surface area contributed by atoms with Crippen molar-refractivity contribution in [2.45, 2.75) is 31.9 Å². The predicted molar refractivity (Wildman–Crippen MR) is 118 cm³/mol. The summed E-state index contributed by atoms with van der Waals surface area (Å²) in [7, 11) is 0. The first-order valence-corrected chi connectivity index (χ1v) is 10.7. The second kappa shape index (κ2) is 8.15. The number of hydrogen-bond donors (Lipinski definition) is 2. The Balaban J connectivity index is 1.38. The molecule has 2 aromatic carbocycles. The van der Waals surface area contributed by atoms with E-state index in [1.807, 2.05) is 30.3 Å². The third kappa shape index (κ3) is 4.38. The van der Waals surface area contributed by atoms with Crippen molar-refractivity contribution >= 4 is 34.2 Å². The van der Waals surface area contributed by atoms with Gasteiger partial charge in [0.2, 0.25) is 0 Å². The lowest BCUT2D eigenvalue weighted by molar-refractivity contribution is -0.0287. The lowest BCUT2D eigenvalue weighted by Crippen LogP contribution is -2.44. The number of nitrogens with zero attached hydrogens (tertiary/aromatic N) is 2. The summed E-state index contributed by atoms with van der Waals surface area (Å²) < 4.78 is 1.78. The van der Waals surface area contributed by atoms with Crippen molar-refractivity contribution in [3.8, 4) is 0 Å². The molecule has 1 unspecified atom stereocenters. The van der Waals surface area contributed by atoms with Crippen LogP contribution in [0.2, 0.25) is 10.0 Å². The van der Waals surface area contributed by atoms with Gasteiger partial charge in [0.15, 0.2) is 0 Å². The molecular weight excluding hydrogens is 409 g/mol. The SMILES string of the molecule is CC(CN1CCC(O)(c2ccc(Cl)cc2)CC1)Cn1c(=O)[nH]c2cc(Cl)ccc21. The van der Waals surface area contributed by atoms with Crippen LogP contribution in [0.1, 0.15) is 25.3 Å². The third-order valence-corrected chi connectivity index (χ3v) is 6.35. The first kappa shape index (κ1) is 20.5. The van der Waals surface area contributed by atoms with Crippen molar-refractivity contribution in [2.75, 3.05) is 19.6 Å². The summed E-state index contributed by atoms with van der Waals surface area (Å²) in [6, 6.07) is 13.0. The number of likely N-dealkylation sites (tertiary alicyclic amines) is 1. The minimum atomic E-state index is -0.794. The number of aromatic nitrogens is 2. The Morgan fingerprint density at radius 3 is 2.41 bits per heavy atom. The Hall–Kier alpha value is -1.79. The summed E-state index contributed by atoms with van der Waals surface area (Å²) in [4.78, 5) is 17.6. The van der Waals surface area contributed by atoms with Crippen molar-refractivity contribution in [3.05, 3.63) is 68.6 Å². The lowest BCUT2D eigenvalue weighted by Gasteiger charge is -2.39. The summed E-state index contributed by atoms with van der Waals surface area (Å²) in [5.41, 5.74) is 1.67. The predicted octanol–water partition coefficient (Wildman–Crippen LogP) is 4.26. The molecule has 29 heavy (non-hydrogen) atoms. The number of rotatable bonds is 5. The van der Waals surface area contributed by atoms with Crippen molar-refractivity contribution in [1.29, 1.82) is 0 Å². The highest BCUT2D eigenvalue weighted by Gasteiger charge is 2.34. The van der Waals surface area contributed by atoms with E-state index >= 15 is 0 Å². The molecule has 0 spiro atoms. The molecule has 1 saturated heterocycles. The van der Waals surface area contributed by atoms with Crippen molar-refractivity contribution in [3.63, 3.8) is 0 Å². The lowest BCUT2D eigenvalue weighted by atomic mass is 9.84. The highest BCUT2D eigenvalue weighted by Crippen LogP contribution is 2.33. The summed E-state index contributed by atoms with van der Waals surface area (Å²) in [5.74, 6) is 0.295. The Labute approximate surface area is 179 Å². The minimum absolute atomic E-state index is 0.107. The van der Waals surface area contributed by atoms with Gasteiger partial charge in [-0.05, 0) is 54.7 Å². The maximum atomic E-state index is 12.4. The number of nitrogens with one attached hydrogen (secondary N) is 1. The number of piperidine rings is 1. The van der Waals surface area contributed by atoms with Gasteiger partial charge in [0, 0.05) is 36.2 Å². The van der Waals surface area contributed by atoms with Crippen LogP contribution in [-0.4, -0.2) is 39.2 Å². The maximum absolute atomic E-state index is 12.4. The molecule has 0 amide bonds. The number of benzene rings is 2. The molecule has 2 N–H and O–H groups in total. The summed E-state index contributed by atoms with van der Waals surface area (Å²) in [6.07, 6.45) is 1.37. The van der Waals surface area contributed by atoms with Crippen molar-refractivity contribution in [1.82, 2.24) is 14.5 Å².